The first-order valence-electron chi connectivity index (χ1n) is 8.11. The summed E-state index contributed by atoms with van der Waals surface area (Å²) in [6.07, 6.45) is -0.155. The van der Waals surface area contributed by atoms with Crippen molar-refractivity contribution in [3.63, 3.8) is 0 Å². The van der Waals surface area contributed by atoms with Gasteiger partial charge >= 0.3 is 6.03 Å². The summed E-state index contributed by atoms with van der Waals surface area (Å²) in [6.45, 7) is 0. The zero-order chi connectivity index (χ0) is 20.5. The summed E-state index contributed by atoms with van der Waals surface area (Å²) in [6, 6.07) is 12.3. The third kappa shape index (κ3) is 7.30. The van der Waals surface area contributed by atoms with Gasteiger partial charge in [-0.05, 0) is 35.9 Å². The molecule has 2 aromatic carbocycles. The molecule has 4 amide bonds. The van der Waals surface area contributed by atoms with Crippen molar-refractivity contribution in [1.82, 2.24) is 16.2 Å². The molecule has 0 aliphatic rings. The molecule has 10 heteroatoms. The molecule has 1 atom stereocenters. The van der Waals surface area contributed by atoms with Gasteiger partial charge in [-0.2, -0.15) is 0 Å². The van der Waals surface area contributed by atoms with Gasteiger partial charge in [0.15, 0.2) is 0 Å². The van der Waals surface area contributed by atoms with E-state index in [1.54, 1.807) is 48.5 Å². The number of rotatable bonds is 7. The van der Waals surface area contributed by atoms with Crippen molar-refractivity contribution in [2.45, 2.75) is 17.4 Å². The molecule has 0 aliphatic carbocycles. The Bertz CT molecular complexity index is 849. The lowest BCUT2D eigenvalue weighted by molar-refractivity contribution is -0.127. The number of halogens is 2. The van der Waals surface area contributed by atoms with Gasteiger partial charge in [0.25, 0.3) is 0 Å². The Kier molecular flexibility index (Phi) is 8.43. The minimum absolute atomic E-state index is 0.107. The molecule has 28 heavy (non-hydrogen) atoms. The number of carbonyl (C=O) groups excluding carboxylic acids is 3. The van der Waals surface area contributed by atoms with Gasteiger partial charge in [0.2, 0.25) is 11.8 Å². The van der Waals surface area contributed by atoms with Crippen LogP contribution in [0.25, 0.3) is 0 Å². The second-order valence-electron chi connectivity index (χ2n) is 5.63. The number of hydrazine groups is 1. The van der Waals surface area contributed by atoms with Crippen LogP contribution in [0.5, 0.6) is 0 Å². The topological polar surface area (TPSA) is 113 Å². The Balaban J connectivity index is 1.84. The van der Waals surface area contributed by atoms with Gasteiger partial charge in [0, 0.05) is 14.9 Å². The number of hydrogen-bond acceptors (Lipinski definition) is 4. The number of amides is 4. The lowest BCUT2D eigenvalue weighted by Gasteiger charge is -2.19. The first-order chi connectivity index (χ1) is 13.3. The Labute approximate surface area is 176 Å². The highest BCUT2D eigenvalue weighted by molar-refractivity contribution is 8.00. The molecule has 0 aromatic heterocycles. The molecule has 0 bridgehead atoms. The van der Waals surface area contributed by atoms with Crippen molar-refractivity contribution in [3.05, 3.63) is 64.1 Å². The molecule has 2 aromatic rings. The fraction of sp³-hybridized carbons (Fsp3) is 0.167. The number of benzene rings is 2. The van der Waals surface area contributed by atoms with Gasteiger partial charge in [-0.1, -0.05) is 41.4 Å². The van der Waals surface area contributed by atoms with Crippen LogP contribution in [0.15, 0.2) is 53.4 Å². The zero-order valence-electron chi connectivity index (χ0n) is 14.6. The van der Waals surface area contributed by atoms with Crippen LogP contribution < -0.4 is 21.9 Å². The minimum atomic E-state index is -0.791. The van der Waals surface area contributed by atoms with Crippen LogP contribution in [0.4, 0.5) is 4.79 Å². The van der Waals surface area contributed by atoms with Crippen LogP contribution in [0, 0.1) is 0 Å². The summed E-state index contributed by atoms with van der Waals surface area (Å²) in [5.74, 6) is -0.788. The van der Waals surface area contributed by atoms with E-state index in [2.05, 4.69) is 16.2 Å². The van der Waals surface area contributed by atoms with Crippen LogP contribution in [-0.4, -0.2) is 23.6 Å². The maximum absolute atomic E-state index is 12.2. The van der Waals surface area contributed by atoms with Crippen molar-refractivity contribution in [1.29, 1.82) is 0 Å². The van der Waals surface area contributed by atoms with Crippen LogP contribution in [-0.2, 0) is 9.59 Å². The number of nitrogens with two attached hydrogens (primary N) is 1. The van der Waals surface area contributed by atoms with E-state index in [9.17, 15) is 14.4 Å². The fourth-order valence-electron chi connectivity index (χ4n) is 2.26. The largest absolute Gasteiger partial charge is 0.352 e. The summed E-state index contributed by atoms with van der Waals surface area (Å²) in [5, 5.41) is 3.47. The molecule has 5 N–H and O–H groups in total. The van der Waals surface area contributed by atoms with Gasteiger partial charge in [-0.3, -0.25) is 20.4 Å². The molecule has 0 fully saturated rings. The number of hydrogen-bond donors (Lipinski definition) is 4. The van der Waals surface area contributed by atoms with E-state index < -0.39 is 18.0 Å². The van der Waals surface area contributed by atoms with Crippen LogP contribution >= 0.6 is 35.0 Å². The van der Waals surface area contributed by atoms with E-state index in [-0.39, 0.29) is 18.1 Å². The van der Waals surface area contributed by atoms with E-state index in [4.69, 9.17) is 28.9 Å². The molecular formula is C18H18Cl2N4O3S. The minimum Gasteiger partial charge on any atom is -0.352 e. The van der Waals surface area contributed by atoms with Gasteiger partial charge in [0.1, 0.15) is 0 Å². The van der Waals surface area contributed by atoms with Gasteiger partial charge in [0.05, 0.1) is 18.2 Å². The van der Waals surface area contributed by atoms with Crippen molar-refractivity contribution in [2.24, 2.45) is 5.73 Å². The predicted octanol–water partition coefficient (Wildman–Crippen LogP) is 3.03. The molecule has 148 valence electrons. The first-order valence-corrected chi connectivity index (χ1v) is 9.85. The number of carbonyl (C=O) groups is 3. The summed E-state index contributed by atoms with van der Waals surface area (Å²) in [4.78, 5) is 36.2. The summed E-state index contributed by atoms with van der Waals surface area (Å²) in [7, 11) is 0. The molecule has 0 heterocycles. The van der Waals surface area contributed by atoms with E-state index in [0.717, 1.165) is 4.90 Å². The highest BCUT2D eigenvalue weighted by Crippen LogP contribution is 2.25. The molecule has 7 nitrogen and oxygen atoms in total. The Morgan fingerprint density at radius 3 is 2.25 bits per heavy atom. The first kappa shape index (κ1) is 21.9. The molecule has 0 aliphatic heterocycles. The average molecular weight is 441 g/mol. The second-order valence-corrected chi connectivity index (χ2v) is 7.52. The van der Waals surface area contributed by atoms with Gasteiger partial charge in [-0.15, -0.1) is 11.8 Å². The number of nitrogens with one attached hydrogen (secondary N) is 3. The van der Waals surface area contributed by atoms with Crippen molar-refractivity contribution < 1.29 is 14.4 Å². The van der Waals surface area contributed by atoms with Gasteiger partial charge < -0.3 is 11.1 Å². The smallest absolute Gasteiger partial charge is 0.312 e. The zero-order valence-corrected chi connectivity index (χ0v) is 16.9. The molecule has 0 saturated carbocycles. The van der Waals surface area contributed by atoms with Crippen LogP contribution in [0.2, 0.25) is 10.0 Å². The van der Waals surface area contributed by atoms with Crippen molar-refractivity contribution in [3.8, 4) is 0 Å². The maximum atomic E-state index is 12.2. The Morgan fingerprint density at radius 2 is 1.61 bits per heavy atom. The molecule has 0 radical (unpaired) electrons. The molecule has 0 saturated heterocycles. The van der Waals surface area contributed by atoms with Crippen molar-refractivity contribution in [2.75, 3.05) is 5.75 Å². The fourth-order valence-corrected chi connectivity index (χ4v) is 3.35. The molecule has 0 spiro atoms. The maximum Gasteiger partial charge on any atom is 0.312 e. The van der Waals surface area contributed by atoms with E-state index in [1.165, 1.54) is 11.8 Å². The van der Waals surface area contributed by atoms with Crippen molar-refractivity contribution >= 4 is 52.8 Å². The van der Waals surface area contributed by atoms with E-state index in [0.29, 0.717) is 15.6 Å². The molecular weight excluding hydrogens is 423 g/mol. The van der Waals surface area contributed by atoms with Crippen LogP contribution in [0.1, 0.15) is 18.0 Å². The summed E-state index contributed by atoms with van der Waals surface area (Å²) in [5.41, 5.74) is 10.4. The summed E-state index contributed by atoms with van der Waals surface area (Å²) < 4.78 is 0. The Hall–Kier alpha value is -2.42. The Morgan fingerprint density at radius 1 is 0.964 bits per heavy atom. The predicted molar refractivity (Wildman–Crippen MR) is 110 cm³/mol. The van der Waals surface area contributed by atoms with E-state index in [1.807, 2.05) is 0 Å². The third-order valence-corrected chi connectivity index (χ3v) is 5.12. The lowest BCUT2D eigenvalue weighted by atomic mass is 10.0. The quantitative estimate of drug-likeness (QED) is 0.391. The van der Waals surface area contributed by atoms with Crippen LogP contribution in [0.3, 0.4) is 0 Å². The number of thioether (sulfide) groups is 1. The average Bonchev–Trinajstić information content (AvgIpc) is 2.65. The monoisotopic (exact) mass is 440 g/mol. The standard InChI is InChI=1S/C18H18Cl2N4O3S/c19-11-5-7-12(8-6-11)28-10-17(26)24-23-16(25)9-15(22-18(21)27)13-3-1-2-4-14(13)20/h1-8,15H,9-10H2,(H,23,25)(H,24,26)(H3,21,22,27)/t15-/m1/s1. The SMILES string of the molecule is NC(=O)N[C@H](CC(=O)NNC(=O)CSc1ccc(Cl)cc1)c1ccccc1Cl. The van der Waals surface area contributed by atoms with Gasteiger partial charge in [-0.25, -0.2) is 4.79 Å². The molecule has 2 rings (SSSR count). The molecule has 0 unspecified atom stereocenters. The number of urea groups is 1. The number of primary amides is 1. The highest BCUT2D eigenvalue weighted by atomic mass is 35.5. The normalized spacial score (nSPS) is 11.4. The third-order valence-electron chi connectivity index (χ3n) is 3.51. The second kappa shape index (κ2) is 10.8. The lowest BCUT2D eigenvalue weighted by Crippen LogP contribution is -2.44. The summed E-state index contributed by atoms with van der Waals surface area (Å²) >= 11 is 13.2. The van der Waals surface area contributed by atoms with E-state index >= 15 is 0 Å². The highest BCUT2D eigenvalue weighted by Gasteiger charge is 2.20.